The van der Waals surface area contributed by atoms with Crippen molar-refractivity contribution in [1.82, 2.24) is 10.7 Å². The third-order valence-electron chi connectivity index (χ3n) is 2.17. The second-order valence-corrected chi connectivity index (χ2v) is 3.19. The van der Waals surface area contributed by atoms with Crippen molar-refractivity contribution in [3.8, 4) is 0 Å². The predicted molar refractivity (Wildman–Crippen MR) is 48.9 cm³/mol. The first kappa shape index (κ1) is 10.9. The Labute approximate surface area is 82.1 Å². The fourth-order valence-electron chi connectivity index (χ4n) is 1.37. The standard InChI is InChI=1S/C8H15N3O3/c1-2-14-6-3-5(4-6)10-7(12)8(13)11-9/h5-6H,2-4,9H2,1H3,(H,10,12)(H,11,13). The van der Waals surface area contributed by atoms with Gasteiger partial charge in [-0.1, -0.05) is 0 Å². The van der Waals surface area contributed by atoms with Gasteiger partial charge in [0.15, 0.2) is 0 Å². The molecule has 0 radical (unpaired) electrons. The molecule has 0 saturated heterocycles. The van der Waals surface area contributed by atoms with Crippen LogP contribution >= 0.6 is 0 Å². The number of hydrogen-bond donors (Lipinski definition) is 3. The number of rotatable bonds is 3. The third-order valence-corrected chi connectivity index (χ3v) is 2.17. The van der Waals surface area contributed by atoms with Crippen LogP contribution in [-0.2, 0) is 14.3 Å². The van der Waals surface area contributed by atoms with E-state index < -0.39 is 11.8 Å². The lowest BCUT2D eigenvalue weighted by Crippen LogP contribution is -2.52. The van der Waals surface area contributed by atoms with Gasteiger partial charge < -0.3 is 10.1 Å². The van der Waals surface area contributed by atoms with Crippen LogP contribution in [0.1, 0.15) is 19.8 Å². The van der Waals surface area contributed by atoms with Crippen LogP contribution < -0.4 is 16.6 Å². The van der Waals surface area contributed by atoms with E-state index in [0.29, 0.717) is 6.61 Å². The molecule has 14 heavy (non-hydrogen) atoms. The molecule has 0 bridgehead atoms. The minimum absolute atomic E-state index is 0.0383. The number of amides is 2. The zero-order valence-corrected chi connectivity index (χ0v) is 8.08. The summed E-state index contributed by atoms with van der Waals surface area (Å²) in [6.45, 7) is 2.60. The number of nitrogens with one attached hydrogen (secondary N) is 2. The predicted octanol–water partition coefficient (Wildman–Crippen LogP) is -1.34. The summed E-state index contributed by atoms with van der Waals surface area (Å²) in [5.41, 5.74) is 1.77. The molecule has 0 aromatic rings. The maximum atomic E-state index is 11.0. The van der Waals surface area contributed by atoms with Gasteiger partial charge in [0.2, 0.25) is 0 Å². The molecular formula is C8H15N3O3. The lowest BCUT2D eigenvalue weighted by Gasteiger charge is -2.34. The first-order valence-corrected chi connectivity index (χ1v) is 4.60. The molecule has 6 heteroatoms. The molecular weight excluding hydrogens is 186 g/mol. The summed E-state index contributed by atoms with van der Waals surface area (Å²) in [5, 5.41) is 2.54. The van der Waals surface area contributed by atoms with E-state index in [1.807, 2.05) is 6.92 Å². The Kier molecular flexibility index (Phi) is 3.84. The van der Waals surface area contributed by atoms with Gasteiger partial charge in [-0.05, 0) is 19.8 Å². The van der Waals surface area contributed by atoms with Crippen molar-refractivity contribution in [1.29, 1.82) is 0 Å². The van der Waals surface area contributed by atoms with Gasteiger partial charge in [-0.15, -0.1) is 0 Å². The number of hydrogen-bond acceptors (Lipinski definition) is 4. The minimum atomic E-state index is -0.815. The highest BCUT2D eigenvalue weighted by atomic mass is 16.5. The lowest BCUT2D eigenvalue weighted by molar-refractivity contribution is -0.140. The zero-order chi connectivity index (χ0) is 10.6. The van der Waals surface area contributed by atoms with Crippen LogP contribution in [0.5, 0.6) is 0 Å². The van der Waals surface area contributed by atoms with Gasteiger partial charge in [0.25, 0.3) is 0 Å². The molecule has 0 aromatic carbocycles. The molecule has 4 N–H and O–H groups in total. The van der Waals surface area contributed by atoms with Crippen LogP contribution in [0.15, 0.2) is 0 Å². The Morgan fingerprint density at radius 1 is 1.43 bits per heavy atom. The average Bonchev–Trinajstić information content (AvgIpc) is 2.13. The summed E-state index contributed by atoms with van der Waals surface area (Å²) in [6, 6.07) is 0.0383. The molecule has 2 amide bonds. The topological polar surface area (TPSA) is 93.4 Å². The van der Waals surface area contributed by atoms with Crippen LogP contribution in [-0.4, -0.2) is 30.6 Å². The Balaban J connectivity index is 2.16. The smallest absolute Gasteiger partial charge is 0.323 e. The lowest BCUT2D eigenvalue weighted by atomic mass is 9.89. The number of carbonyl (C=O) groups is 2. The highest BCUT2D eigenvalue weighted by molar-refractivity contribution is 6.34. The van der Waals surface area contributed by atoms with Crippen LogP contribution in [0.3, 0.4) is 0 Å². The van der Waals surface area contributed by atoms with E-state index in [-0.39, 0.29) is 12.1 Å². The molecule has 0 aliphatic heterocycles. The van der Waals surface area contributed by atoms with Crippen LogP contribution in [0.2, 0.25) is 0 Å². The van der Waals surface area contributed by atoms with E-state index in [0.717, 1.165) is 12.8 Å². The van der Waals surface area contributed by atoms with E-state index in [1.165, 1.54) is 0 Å². The van der Waals surface area contributed by atoms with Crippen molar-refractivity contribution in [3.63, 3.8) is 0 Å². The fourth-order valence-corrected chi connectivity index (χ4v) is 1.37. The second kappa shape index (κ2) is 4.92. The van der Waals surface area contributed by atoms with Gasteiger partial charge in [-0.3, -0.25) is 15.0 Å². The Hall–Kier alpha value is -1.14. The van der Waals surface area contributed by atoms with E-state index in [1.54, 1.807) is 5.43 Å². The molecule has 1 saturated carbocycles. The quantitative estimate of drug-likeness (QED) is 0.228. The SMILES string of the molecule is CCOC1CC(NC(=O)C(=O)NN)C1. The fraction of sp³-hybridized carbons (Fsp3) is 0.750. The highest BCUT2D eigenvalue weighted by Gasteiger charge is 2.31. The maximum Gasteiger partial charge on any atom is 0.323 e. The van der Waals surface area contributed by atoms with E-state index >= 15 is 0 Å². The van der Waals surface area contributed by atoms with Gasteiger partial charge in [-0.25, -0.2) is 5.84 Å². The van der Waals surface area contributed by atoms with E-state index in [4.69, 9.17) is 10.6 Å². The second-order valence-electron chi connectivity index (χ2n) is 3.19. The van der Waals surface area contributed by atoms with E-state index in [2.05, 4.69) is 5.32 Å². The molecule has 0 heterocycles. The van der Waals surface area contributed by atoms with Gasteiger partial charge in [0.1, 0.15) is 0 Å². The molecule has 0 aromatic heterocycles. The van der Waals surface area contributed by atoms with E-state index in [9.17, 15) is 9.59 Å². The highest BCUT2D eigenvalue weighted by Crippen LogP contribution is 2.22. The number of nitrogens with two attached hydrogens (primary N) is 1. The van der Waals surface area contributed by atoms with Crippen LogP contribution in [0.25, 0.3) is 0 Å². The molecule has 6 nitrogen and oxygen atoms in total. The van der Waals surface area contributed by atoms with Gasteiger partial charge >= 0.3 is 11.8 Å². The summed E-state index contributed by atoms with van der Waals surface area (Å²) < 4.78 is 5.30. The maximum absolute atomic E-state index is 11.0. The summed E-state index contributed by atoms with van der Waals surface area (Å²) >= 11 is 0. The molecule has 80 valence electrons. The average molecular weight is 201 g/mol. The van der Waals surface area contributed by atoms with Gasteiger partial charge in [-0.2, -0.15) is 0 Å². The van der Waals surface area contributed by atoms with Crippen molar-refractivity contribution >= 4 is 11.8 Å². The molecule has 1 aliphatic rings. The summed E-state index contributed by atoms with van der Waals surface area (Å²) in [4.78, 5) is 21.7. The summed E-state index contributed by atoms with van der Waals surface area (Å²) in [7, 11) is 0. The van der Waals surface area contributed by atoms with Gasteiger partial charge in [0.05, 0.1) is 6.10 Å². The molecule has 1 rings (SSSR count). The Morgan fingerprint density at radius 3 is 2.57 bits per heavy atom. The Bertz CT molecular complexity index is 226. The van der Waals surface area contributed by atoms with Crippen LogP contribution in [0, 0.1) is 0 Å². The number of carbonyl (C=O) groups excluding carboxylic acids is 2. The van der Waals surface area contributed by atoms with Crippen molar-refractivity contribution in [3.05, 3.63) is 0 Å². The molecule has 1 fully saturated rings. The monoisotopic (exact) mass is 201 g/mol. The summed E-state index contributed by atoms with van der Waals surface area (Å²) in [6.07, 6.45) is 1.74. The minimum Gasteiger partial charge on any atom is -0.378 e. The largest absolute Gasteiger partial charge is 0.378 e. The number of ether oxygens (including phenoxy) is 1. The normalized spacial score (nSPS) is 25.0. The molecule has 0 spiro atoms. The third kappa shape index (κ3) is 2.68. The van der Waals surface area contributed by atoms with Crippen molar-refractivity contribution in [2.24, 2.45) is 5.84 Å². The van der Waals surface area contributed by atoms with Crippen molar-refractivity contribution in [2.45, 2.75) is 31.9 Å². The molecule has 0 unspecified atom stereocenters. The Morgan fingerprint density at radius 2 is 2.07 bits per heavy atom. The number of hydrazine groups is 1. The first-order valence-electron chi connectivity index (χ1n) is 4.60. The van der Waals surface area contributed by atoms with Crippen molar-refractivity contribution < 1.29 is 14.3 Å². The van der Waals surface area contributed by atoms with Crippen molar-refractivity contribution in [2.75, 3.05) is 6.61 Å². The summed E-state index contributed by atoms with van der Waals surface area (Å²) in [5.74, 6) is 3.30. The molecule has 1 aliphatic carbocycles. The molecule has 0 atom stereocenters. The zero-order valence-electron chi connectivity index (χ0n) is 8.08. The first-order chi connectivity index (χ1) is 6.67. The van der Waals surface area contributed by atoms with Crippen LogP contribution in [0.4, 0.5) is 0 Å². The van der Waals surface area contributed by atoms with Gasteiger partial charge in [0, 0.05) is 12.6 Å².